The molecule has 0 aromatic carbocycles. The fraction of sp³-hybridized carbons (Fsp3) is 0.615. The van der Waals surface area contributed by atoms with E-state index in [-0.39, 0.29) is 11.4 Å². The number of methoxy groups -OCH3 is 1. The molecule has 2 atom stereocenters. The highest BCUT2D eigenvalue weighted by atomic mass is 79.9. The molecule has 1 aliphatic heterocycles. The maximum absolute atomic E-state index is 12.5. The SMILES string of the molecule is COc1sc(C(=O)N2CC3CCCC3(N)C2)cc1Br. The third kappa shape index (κ3) is 2.19. The molecule has 0 spiro atoms. The zero-order valence-corrected chi connectivity index (χ0v) is 13.2. The van der Waals surface area contributed by atoms with Crippen LogP contribution in [0.4, 0.5) is 0 Å². The number of fused-ring (bicyclic) bond motifs is 1. The number of hydrogen-bond donors (Lipinski definition) is 1. The van der Waals surface area contributed by atoms with Crippen molar-refractivity contribution in [2.45, 2.75) is 24.8 Å². The predicted molar refractivity (Wildman–Crippen MR) is 78.7 cm³/mol. The van der Waals surface area contributed by atoms with E-state index in [0.29, 0.717) is 17.3 Å². The average Bonchev–Trinajstić information content (AvgIpc) is 2.99. The van der Waals surface area contributed by atoms with Crippen LogP contribution in [0.15, 0.2) is 10.5 Å². The molecule has 6 heteroatoms. The molecule has 4 nitrogen and oxygen atoms in total. The topological polar surface area (TPSA) is 55.6 Å². The minimum absolute atomic E-state index is 0.0771. The van der Waals surface area contributed by atoms with Gasteiger partial charge in [-0.15, -0.1) is 0 Å². The standard InChI is InChI=1S/C13H17BrN2O2S/c1-18-12-9(14)5-10(19-12)11(17)16-6-8-3-2-4-13(8,15)7-16/h5,8H,2-4,6-7,15H2,1H3. The molecule has 1 amide bonds. The van der Waals surface area contributed by atoms with E-state index in [4.69, 9.17) is 10.5 Å². The Morgan fingerprint density at radius 2 is 2.47 bits per heavy atom. The second kappa shape index (κ2) is 4.75. The first-order chi connectivity index (χ1) is 9.03. The van der Waals surface area contributed by atoms with E-state index >= 15 is 0 Å². The summed E-state index contributed by atoms with van der Waals surface area (Å²) >= 11 is 4.78. The van der Waals surface area contributed by atoms with Gasteiger partial charge in [0.1, 0.15) is 0 Å². The molecule has 2 aliphatic rings. The summed E-state index contributed by atoms with van der Waals surface area (Å²) < 4.78 is 6.05. The van der Waals surface area contributed by atoms with E-state index in [1.807, 2.05) is 11.0 Å². The Kier molecular flexibility index (Phi) is 3.35. The van der Waals surface area contributed by atoms with Gasteiger partial charge in [0.15, 0.2) is 5.06 Å². The van der Waals surface area contributed by atoms with Gasteiger partial charge in [0, 0.05) is 18.6 Å². The van der Waals surface area contributed by atoms with Crippen LogP contribution in [-0.4, -0.2) is 36.5 Å². The highest BCUT2D eigenvalue weighted by molar-refractivity contribution is 9.10. The van der Waals surface area contributed by atoms with Gasteiger partial charge in [-0.25, -0.2) is 0 Å². The first-order valence-electron chi connectivity index (χ1n) is 6.45. The number of amides is 1. The van der Waals surface area contributed by atoms with E-state index in [1.54, 1.807) is 7.11 Å². The lowest BCUT2D eigenvalue weighted by molar-refractivity contribution is 0.0783. The van der Waals surface area contributed by atoms with E-state index < -0.39 is 0 Å². The summed E-state index contributed by atoms with van der Waals surface area (Å²) in [4.78, 5) is 15.1. The smallest absolute Gasteiger partial charge is 0.264 e. The number of nitrogens with zero attached hydrogens (tertiary/aromatic N) is 1. The third-order valence-corrected chi connectivity index (χ3v) is 6.21. The minimum atomic E-state index is -0.145. The molecule has 2 heterocycles. The fourth-order valence-corrected chi connectivity index (χ4v) is 4.86. The van der Waals surface area contributed by atoms with Crippen LogP contribution in [-0.2, 0) is 0 Å². The van der Waals surface area contributed by atoms with Gasteiger partial charge in [-0.05, 0) is 40.8 Å². The van der Waals surface area contributed by atoms with E-state index in [2.05, 4.69) is 15.9 Å². The number of nitrogens with two attached hydrogens (primary N) is 1. The van der Waals surface area contributed by atoms with Gasteiger partial charge in [0.2, 0.25) is 0 Å². The molecule has 1 saturated heterocycles. The summed E-state index contributed by atoms with van der Waals surface area (Å²) in [7, 11) is 1.61. The lowest BCUT2D eigenvalue weighted by Gasteiger charge is -2.22. The van der Waals surface area contributed by atoms with Crippen LogP contribution in [0, 0.1) is 5.92 Å². The molecule has 0 radical (unpaired) electrons. The number of ether oxygens (including phenoxy) is 1. The lowest BCUT2D eigenvalue weighted by Crippen LogP contribution is -2.44. The summed E-state index contributed by atoms with van der Waals surface area (Å²) in [5.74, 6) is 0.551. The Hall–Kier alpha value is -0.590. The van der Waals surface area contributed by atoms with Crippen molar-refractivity contribution in [1.29, 1.82) is 0 Å². The monoisotopic (exact) mass is 344 g/mol. The van der Waals surface area contributed by atoms with Crippen LogP contribution in [0.5, 0.6) is 5.06 Å². The molecule has 0 bridgehead atoms. The summed E-state index contributed by atoms with van der Waals surface area (Å²) in [5.41, 5.74) is 6.26. The number of likely N-dealkylation sites (tertiary alicyclic amines) is 1. The molecule has 3 rings (SSSR count). The summed E-state index contributed by atoms with van der Waals surface area (Å²) in [6, 6.07) is 1.84. The molecule has 1 aromatic rings. The quantitative estimate of drug-likeness (QED) is 0.896. The maximum atomic E-state index is 12.5. The normalized spacial score (nSPS) is 29.6. The minimum Gasteiger partial charge on any atom is -0.486 e. The van der Waals surface area contributed by atoms with Crippen LogP contribution in [0.25, 0.3) is 0 Å². The Bertz CT molecular complexity index is 519. The number of hydrogen-bond acceptors (Lipinski definition) is 4. The first kappa shape index (κ1) is 13.4. The van der Waals surface area contributed by atoms with Crippen molar-refractivity contribution >= 4 is 33.2 Å². The van der Waals surface area contributed by atoms with Crippen LogP contribution in [0.2, 0.25) is 0 Å². The van der Waals surface area contributed by atoms with Gasteiger partial charge in [0.05, 0.1) is 16.5 Å². The van der Waals surface area contributed by atoms with Gasteiger partial charge in [-0.3, -0.25) is 4.79 Å². The van der Waals surface area contributed by atoms with Gasteiger partial charge in [-0.1, -0.05) is 17.8 Å². The largest absolute Gasteiger partial charge is 0.486 e. The molecule has 2 fully saturated rings. The number of carbonyl (C=O) groups excluding carboxylic acids is 1. The number of thiophene rings is 1. The average molecular weight is 345 g/mol. The third-order valence-electron chi connectivity index (χ3n) is 4.27. The maximum Gasteiger partial charge on any atom is 0.264 e. The van der Waals surface area contributed by atoms with Gasteiger partial charge in [-0.2, -0.15) is 0 Å². The summed E-state index contributed by atoms with van der Waals surface area (Å²) in [6.45, 7) is 1.49. The molecule has 1 saturated carbocycles. The number of halogens is 1. The van der Waals surface area contributed by atoms with Crippen molar-refractivity contribution in [1.82, 2.24) is 4.90 Å². The Balaban J connectivity index is 1.78. The van der Waals surface area contributed by atoms with E-state index in [9.17, 15) is 4.79 Å². The van der Waals surface area contributed by atoms with Gasteiger partial charge in [0.25, 0.3) is 5.91 Å². The highest BCUT2D eigenvalue weighted by Gasteiger charge is 2.48. The summed E-state index contributed by atoms with van der Waals surface area (Å²) in [6.07, 6.45) is 3.39. The van der Waals surface area contributed by atoms with Crippen molar-refractivity contribution < 1.29 is 9.53 Å². The summed E-state index contributed by atoms with van der Waals surface area (Å²) in [5, 5.41) is 0.741. The van der Waals surface area contributed by atoms with Crippen LogP contribution >= 0.6 is 27.3 Å². The van der Waals surface area contributed by atoms with Gasteiger partial charge >= 0.3 is 0 Å². The van der Waals surface area contributed by atoms with Crippen molar-refractivity contribution in [3.8, 4) is 5.06 Å². The van der Waals surface area contributed by atoms with Crippen LogP contribution in [0.3, 0.4) is 0 Å². The molecule has 2 N–H and O–H groups in total. The lowest BCUT2D eigenvalue weighted by atomic mass is 9.92. The molecular formula is C13H17BrN2O2S. The van der Waals surface area contributed by atoms with Crippen molar-refractivity contribution in [2.24, 2.45) is 11.7 Å². The van der Waals surface area contributed by atoms with Crippen molar-refractivity contribution in [3.63, 3.8) is 0 Å². The molecule has 19 heavy (non-hydrogen) atoms. The zero-order chi connectivity index (χ0) is 13.6. The highest BCUT2D eigenvalue weighted by Crippen LogP contribution is 2.41. The Labute approximate surface area is 125 Å². The van der Waals surface area contributed by atoms with Gasteiger partial charge < -0.3 is 15.4 Å². The Morgan fingerprint density at radius 3 is 3.11 bits per heavy atom. The molecule has 2 unspecified atom stereocenters. The number of rotatable bonds is 2. The Morgan fingerprint density at radius 1 is 1.68 bits per heavy atom. The number of carbonyl (C=O) groups is 1. The van der Waals surface area contributed by atoms with E-state index in [0.717, 1.165) is 28.9 Å². The fourth-order valence-electron chi connectivity index (χ4n) is 3.24. The second-order valence-electron chi connectivity index (χ2n) is 5.46. The van der Waals surface area contributed by atoms with Crippen LogP contribution < -0.4 is 10.5 Å². The zero-order valence-electron chi connectivity index (χ0n) is 10.8. The molecular weight excluding hydrogens is 328 g/mol. The predicted octanol–water partition coefficient (Wildman–Crippen LogP) is 2.47. The first-order valence-corrected chi connectivity index (χ1v) is 8.06. The molecule has 1 aromatic heterocycles. The van der Waals surface area contributed by atoms with Crippen molar-refractivity contribution in [2.75, 3.05) is 20.2 Å². The van der Waals surface area contributed by atoms with Crippen LogP contribution in [0.1, 0.15) is 28.9 Å². The van der Waals surface area contributed by atoms with E-state index in [1.165, 1.54) is 17.8 Å². The second-order valence-corrected chi connectivity index (χ2v) is 7.33. The molecule has 1 aliphatic carbocycles. The molecule has 104 valence electrons. The van der Waals surface area contributed by atoms with Crippen molar-refractivity contribution in [3.05, 3.63) is 15.4 Å².